The van der Waals surface area contributed by atoms with Gasteiger partial charge in [0.25, 0.3) is 5.56 Å². The summed E-state index contributed by atoms with van der Waals surface area (Å²) in [6, 6.07) is 0. The summed E-state index contributed by atoms with van der Waals surface area (Å²) in [5.41, 5.74) is 0.845. The largest absolute Gasteiger partial charge is 0.299 e. The second-order valence-electron chi connectivity index (χ2n) is 6.49. The number of amides is 1. The molecule has 4 rings (SSSR count). The Hall–Kier alpha value is -2.20. The van der Waals surface area contributed by atoms with E-state index < -0.39 is 0 Å². The lowest BCUT2D eigenvalue weighted by atomic mass is 9.89. The number of carbonyl (C=O) groups excluding carboxylic acids is 1. The van der Waals surface area contributed by atoms with Crippen molar-refractivity contribution in [2.24, 2.45) is 5.92 Å². The molecule has 1 unspecified atom stereocenters. The fourth-order valence-corrected chi connectivity index (χ4v) is 5.15. The van der Waals surface area contributed by atoms with Gasteiger partial charge in [-0.15, -0.1) is 26.6 Å². The lowest BCUT2D eigenvalue weighted by Gasteiger charge is -2.17. The second-order valence-corrected chi connectivity index (χ2v) is 8.63. The zero-order chi connectivity index (χ0) is 18.3. The van der Waals surface area contributed by atoms with E-state index in [4.69, 9.17) is 0 Å². The number of anilines is 1. The zero-order valence-electron chi connectivity index (χ0n) is 14.5. The highest BCUT2D eigenvalue weighted by molar-refractivity contribution is 7.18. The third kappa shape index (κ3) is 3.14. The molecule has 10 heteroatoms. The first-order chi connectivity index (χ1) is 12.5. The number of hydrogen-bond acceptors (Lipinski definition) is 8. The van der Waals surface area contributed by atoms with Crippen LogP contribution >= 0.6 is 22.7 Å². The Bertz CT molecular complexity index is 1040. The van der Waals surface area contributed by atoms with E-state index in [2.05, 4.69) is 32.7 Å². The molecule has 3 aromatic heterocycles. The van der Waals surface area contributed by atoms with Crippen molar-refractivity contribution in [2.75, 3.05) is 5.32 Å². The van der Waals surface area contributed by atoms with E-state index in [-0.39, 0.29) is 18.0 Å². The standard InChI is InChI=1S/C16H18N6O2S2/c1-3-12-18-20-16(26-12)17-11(23)7-22-15(24)13-9-5-4-8(2)6-10(9)25-14(13)19-21-22/h8H,3-7H2,1-2H3,(H,17,20,23). The molecule has 3 aromatic rings. The minimum absolute atomic E-state index is 0.191. The minimum Gasteiger partial charge on any atom is -0.299 e. The van der Waals surface area contributed by atoms with Gasteiger partial charge in [-0.3, -0.25) is 14.9 Å². The van der Waals surface area contributed by atoms with Gasteiger partial charge in [0.2, 0.25) is 11.0 Å². The normalized spacial score (nSPS) is 16.6. The smallest absolute Gasteiger partial charge is 0.279 e. The number of thiophene rings is 1. The van der Waals surface area contributed by atoms with Gasteiger partial charge in [0.1, 0.15) is 11.6 Å². The molecule has 0 fully saturated rings. The van der Waals surface area contributed by atoms with Crippen molar-refractivity contribution in [3.05, 3.63) is 25.8 Å². The van der Waals surface area contributed by atoms with Gasteiger partial charge in [-0.2, -0.15) is 0 Å². The van der Waals surface area contributed by atoms with E-state index >= 15 is 0 Å². The van der Waals surface area contributed by atoms with Crippen LogP contribution in [0.1, 0.15) is 35.7 Å². The predicted molar refractivity (Wildman–Crippen MR) is 101 cm³/mol. The van der Waals surface area contributed by atoms with Crippen LogP contribution in [0.5, 0.6) is 0 Å². The summed E-state index contributed by atoms with van der Waals surface area (Å²) in [5, 5.41) is 20.6. The van der Waals surface area contributed by atoms with E-state index in [9.17, 15) is 9.59 Å². The number of aryl methyl sites for hydroxylation is 2. The van der Waals surface area contributed by atoms with Gasteiger partial charge in [-0.05, 0) is 37.2 Å². The van der Waals surface area contributed by atoms with Gasteiger partial charge in [0.05, 0.1) is 5.39 Å². The molecular formula is C16H18N6O2S2. The van der Waals surface area contributed by atoms with Crippen molar-refractivity contribution in [1.82, 2.24) is 25.2 Å². The van der Waals surface area contributed by atoms with Crippen molar-refractivity contribution in [2.45, 2.75) is 46.1 Å². The third-order valence-electron chi connectivity index (χ3n) is 4.49. The van der Waals surface area contributed by atoms with Crippen molar-refractivity contribution in [1.29, 1.82) is 0 Å². The molecule has 1 amide bonds. The number of hydrogen-bond donors (Lipinski definition) is 1. The zero-order valence-corrected chi connectivity index (χ0v) is 16.1. The second kappa shape index (κ2) is 6.84. The summed E-state index contributed by atoms with van der Waals surface area (Å²) in [5.74, 6) is 0.258. The summed E-state index contributed by atoms with van der Waals surface area (Å²) < 4.78 is 1.13. The van der Waals surface area contributed by atoms with Crippen LogP contribution in [0.15, 0.2) is 4.79 Å². The average Bonchev–Trinajstić information content (AvgIpc) is 3.21. The monoisotopic (exact) mass is 390 g/mol. The lowest BCUT2D eigenvalue weighted by Crippen LogP contribution is -2.30. The maximum absolute atomic E-state index is 12.8. The molecule has 1 aliphatic rings. The lowest BCUT2D eigenvalue weighted by molar-refractivity contribution is -0.117. The van der Waals surface area contributed by atoms with Gasteiger partial charge >= 0.3 is 0 Å². The number of aromatic nitrogens is 5. The number of nitrogens with one attached hydrogen (secondary N) is 1. The molecule has 0 aromatic carbocycles. The Labute approximate surface area is 157 Å². The van der Waals surface area contributed by atoms with E-state index in [1.165, 1.54) is 16.2 Å². The molecule has 0 spiro atoms. The summed E-state index contributed by atoms with van der Waals surface area (Å²) >= 11 is 2.87. The first-order valence-electron chi connectivity index (χ1n) is 8.55. The van der Waals surface area contributed by atoms with Gasteiger partial charge in [-0.1, -0.05) is 30.4 Å². The number of nitrogens with zero attached hydrogens (tertiary/aromatic N) is 5. The summed E-state index contributed by atoms with van der Waals surface area (Å²) in [6.07, 6.45) is 3.69. The number of carbonyl (C=O) groups is 1. The summed E-state index contributed by atoms with van der Waals surface area (Å²) in [7, 11) is 0. The van der Waals surface area contributed by atoms with Crippen molar-refractivity contribution >= 4 is 43.9 Å². The molecule has 0 saturated carbocycles. The van der Waals surface area contributed by atoms with Crippen LogP contribution in [0, 0.1) is 5.92 Å². The number of rotatable bonds is 4. The fraction of sp³-hybridized carbons (Fsp3) is 0.500. The molecule has 26 heavy (non-hydrogen) atoms. The Morgan fingerprint density at radius 2 is 2.15 bits per heavy atom. The van der Waals surface area contributed by atoms with Gasteiger partial charge < -0.3 is 0 Å². The van der Waals surface area contributed by atoms with Gasteiger partial charge in [-0.25, -0.2) is 4.68 Å². The molecule has 136 valence electrons. The van der Waals surface area contributed by atoms with Crippen molar-refractivity contribution in [3.8, 4) is 0 Å². The molecule has 8 nitrogen and oxygen atoms in total. The SMILES string of the molecule is CCc1nnc(NC(=O)Cn2nnc3sc4c(c3c2=O)CCC(C)C4)s1. The quantitative estimate of drug-likeness (QED) is 0.731. The first-order valence-corrected chi connectivity index (χ1v) is 10.2. The van der Waals surface area contributed by atoms with E-state index in [0.29, 0.717) is 21.3 Å². The maximum Gasteiger partial charge on any atom is 0.279 e. The van der Waals surface area contributed by atoms with Gasteiger partial charge in [0, 0.05) is 4.88 Å². The van der Waals surface area contributed by atoms with E-state index in [1.54, 1.807) is 11.3 Å². The number of fused-ring (bicyclic) bond motifs is 3. The van der Waals surface area contributed by atoms with Crippen LogP contribution in [0.25, 0.3) is 10.2 Å². The van der Waals surface area contributed by atoms with Crippen LogP contribution in [-0.2, 0) is 30.6 Å². The first kappa shape index (κ1) is 17.2. The van der Waals surface area contributed by atoms with Crippen LogP contribution in [0.2, 0.25) is 0 Å². The van der Waals surface area contributed by atoms with Crippen molar-refractivity contribution < 1.29 is 4.79 Å². The van der Waals surface area contributed by atoms with E-state index in [1.807, 2.05) is 6.92 Å². The Morgan fingerprint density at radius 1 is 1.31 bits per heavy atom. The molecule has 0 aliphatic heterocycles. The van der Waals surface area contributed by atoms with Crippen LogP contribution in [0.3, 0.4) is 0 Å². The third-order valence-corrected chi connectivity index (χ3v) is 6.62. The highest BCUT2D eigenvalue weighted by Crippen LogP contribution is 2.35. The van der Waals surface area contributed by atoms with Crippen LogP contribution < -0.4 is 10.9 Å². The summed E-state index contributed by atoms with van der Waals surface area (Å²) in [4.78, 5) is 27.0. The molecule has 0 saturated heterocycles. The highest BCUT2D eigenvalue weighted by atomic mass is 32.1. The van der Waals surface area contributed by atoms with Crippen molar-refractivity contribution in [3.63, 3.8) is 0 Å². The highest BCUT2D eigenvalue weighted by Gasteiger charge is 2.24. The molecule has 3 heterocycles. The van der Waals surface area contributed by atoms with Gasteiger partial charge in [0.15, 0.2) is 4.83 Å². The topological polar surface area (TPSA) is 103 Å². The maximum atomic E-state index is 12.8. The Kier molecular flexibility index (Phi) is 4.53. The van der Waals surface area contributed by atoms with Crippen LogP contribution in [-0.4, -0.2) is 31.1 Å². The van der Waals surface area contributed by atoms with Crippen LogP contribution in [0.4, 0.5) is 5.13 Å². The molecular weight excluding hydrogens is 372 g/mol. The molecule has 0 radical (unpaired) electrons. The Balaban J connectivity index is 1.59. The Morgan fingerprint density at radius 3 is 2.92 bits per heavy atom. The fourth-order valence-electron chi connectivity index (χ4n) is 3.14. The average molecular weight is 390 g/mol. The van der Waals surface area contributed by atoms with E-state index in [0.717, 1.165) is 40.9 Å². The molecule has 1 atom stereocenters. The summed E-state index contributed by atoms with van der Waals surface area (Å²) in [6.45, 7) is 4.00. The molecule has 1 aliphatic carbocycles. The minimum atomic E-state index is -0.364. The molecule has 0 bridgehead atoms. The predicted octanol–water partition coefficient (Wildman–Crippen LogP) is 2.03. The molecule has 1 N–H and O–H groups in total.